The average Bonchev–Trinajstić information content (AvgIpc) is 2.12. The summed E-state index contributed by atoms with van der Waals surface area (Å²) in [6, 6.07) is 0. The van der Waals surface area contributed by atoms with Gasteiger partial charge < -0.3 is 25.5 Å². The van der Waals surface area contributed by atoms with Gasteiger partial charge >= 0.3 is 0 Å². The molecule has 4 heterocycles. The quantitative estimate of drug-likeness (QED) is 0.389. The first-order valence-corrected chi connectivity index (χ1v) is 3.33. The molecule has 4 saturated heterocycles. The second-order valence-electron chi connectivity index (χ2n) is 4.62. The van der Waals surface area contributed by atoms with Crippen LogP contribution in [0.2, 0.25) is 0 Å². The molecular weight excluding hydrogens is 204 g/mol. The van der Waals surface area contributed by atoms with Gasteiger partial charge in [0.25, 0.3) is 0 Å². The largest absolute Gasteiger partial charge is 0.364 e. The smallest absolute Gasteiger partial charge is 0 e. The van der Waals surface area contributed by atoms with E-state index >= 15 is 0 Å². The first kappa shape index (κ1) is 3.68. The Bertz CT molecular complexity index is 149. The number of hydrogen-bond donors (Lipinski definition) is 0. The monoisotopic (exact) mass is 205 g/mol. The maximum Gasteiger partial charge on any atom is 0 e. The number of hydrogen-bond acceptors (Lipinski definition) is 0. The van der Waals surface area contributed by atoms with Gasteiger partial charge in [-0.05, 0) is 0 Å². The van der Waals surface area contributed by atoms with Crippen LogP contribution in [0.15, 0.2) is 0 Å². The van der Waals surface area contributed by atoms with Crippen LogP contribution in [0.5, 0.6) is 0 Å². The van der Waals surface area contributed by atoms with Crippen molar-refractivity contribution in [3.8, 4) is 0 Å². The predicted molar refractivity (Wildman–Crippen MR) is 34.5 cm³/mol. The predicted octanol–water partition coefficient (Wildman–Crippen LogP) is -2.28. The van der Waals surface area contributed by atoms with Crippen LogP contribution in [0.3, 0.4) is 0 Å². The maximum atomic E-state index is 1.50. The summed E-state index contributed by atoms with van der Waals surface area (Å²) >= 11 is 0. The molecule has 0 aromatic heterocycles. The summed E-state index contributed by atoms with van der Waals surface area (Å²) in [5.74, 6) is 0. The third-order valence-corrected chi connectivity index (χ3v) is 5.66. The molecule has 7 heavy (non-hydrogen) atoms. The van der Waals surface area contributed by atoms with E-state index in [4.69, 9.17) is 0 Å². The fourth-order valence-corrected chi connectivity index (χ4v) is 5.80. The van der Waals surface area contributed by atoms with Crippen molar-refractivity contribution in [1.29, 1.82) is 0 Å². The van der Waals surface area contributed by atoms with Crippen molar-refractivity contribution in [2.24, 2.45) is 0 Å². The van der Waals surface area contributed by atoms with E-state index in [1.165, 1.54) is 25.5 Å². The molecule has 4 rings (SSSR count). The van der Waals surface area contributed by atoms with E-state index in [1.807, 2.05) is 0 Å². The Labute approximate surface area is 71.9 Å². The molecular formula is B6La-2. The molecule has 4 aliphatic heterocycles. The molecule has 2 spiro atoms. The molecule has 4 aliphatic rings. The molecule has 0 N–H and O–H groups in total. The SMILES string of the molecule is B12B3[B-]14B1B4[B-]231.[La]. The first-order chi connectivity index (χ1) is 2.98. The maximum absolute atomic E-state index is 1.50. The Morgan fingerprint density at radius 2 is 1.00 bits per heavy atom. The molecule has 4 fully saturated rings. The molecule has 0 unspecified atom stereocenters. The van der Waals surface area contributed by atoms with Gasteiger partial charge in [-0.15, -0.1) is 0 Å². The van der Waals surface area contributed by atoms with Crippen LogP contribution in [0.25, 0.3) is 0 Å². The molecule has 0 nitrogen and oxygen atoms in total. The van der Waals surface area contributed by atoms with Crippen molar-refractivity contribution in [1.82, 2.24) is 0 Å². The third kappa shape index (κ3) is 0.0962. The fourth-order valence-electron chi connectivity index (χ4n) is 5.80. The summed E-state index contributed by atoms with van der Waals surface area (Å²) in [7, 11) is 0. The van der Waals surface area contributed by atoms with E-state index in [0.717, 1.165) is 0 Å². The van der Waals surface area contributed by atoms with Gasteiger partial charge in [0, 0.05) is 35.6 Å². The Kier molecular flexibility index (Phi) is 0.264. The average molecular weight is 204 g/mol. The van der Waals surface area contributed by atoms with E-state index in [0.29, 0.717) is 11.4 Å². The van der Waals surface area contributed by atoms with Gasteiger partial charge in [0.05, 0.1) is 0 Å². The minimum absolute atomic E-state index is 0. The summed E-state index contributed by atoms with van der Waals surface area (Å²) in [6.07, 6.45) is 6.00. The zero-order chi connectivity index (χ0) is 3.31. The Balaban J connectivity index is 0.000000200. The van der Waals surface area contributed by atoms with Crippen LogP contribution in [0.4, 0.5) is 0 Å². The summed E-state index contributed by atoms with van der Waals surface area (Å²) < 4.78 is 0. The zero-order valence-corrected chi connectivity index (χ0v) is 7.67. The molecule has 7 heteroatoms. The molecule has 0 atom stereocenters. The molecule has 0 saturated carbocycles. The Hall–Kier alpha value is 1.58. The molecule has 23 valence electrons. The molecule has 0 aromatic carbocycles. The molecule has 1 radical (unpaired) electrons. The van der Waals surface area contributed by atoms with E-state index in [2.05, 4.69) is 0 Å². The minimum Gasteiger partial charge on any atom is -0.364 e. The summed E-state index contributed by atoms with van der Waals surface area (Å²) in [5.41, 5.74) is 1.33. The Morgan fingerprint density at radius 3 is 1.00 bits per heavy atom. The van der Waals surface area contributed by atoms with Gasteiger partial charge in [0.1, 0.15) is 0 Å². The zero-order valence-electron chi connectivity index (χ0n) is 4.04. The van der Waals surface area contributed by atoms with Gasteiger partial charge in [-0.1, -0.05) is 0 Å². The summed E-state index contributed by atoms with van der Waals surface area (Å²) in [5, 5.41) is 0. The molecule has 0 aliphatic carbocycles. The van der Waals surface area contributed by atoms with Crippen molar-refractivity contribution in [3.63, 3.8) is 0 Å². The summed E-state index contributed by atoms with van der Waals surface area (Å²) in [6.45, 7) is 0. The van der Waals surface area contributed by atoms with Gasteiger partial charge in [-0.3, -0.25) is 11.4 Å². The first-order valence-electron chi connectivity index (χ1n) is 3.33. The fraction of sp³-hybridized carbons (Fsp3) is 0. The van der Waals surface area contributed by atoms with Gasteiger partial charge in [-0.2, -0.15) is 0 Å². The van der Waals surface area contributed by atoms with Crippen LogP contribution in [-0.2, 0) is 0 Å². The van der Waals surface area contributed by atoms with Crippen molar-refractivity contribution in [2.45, 2.75) is 0 Å². The normalized spacial score (nSPS) is 48.0. The standard InChI is InChI=1S/B6.La/c1-2-5(1)3-4(5)6(1,2)3;/q-2;. The van der Waals surface area contributed by atoms with Crippen LogP contribution in [-0.4, -0.2) is 37.0 Å². The van der Waals surface area contributed by atoms with Gasteiger partial charge in [-0.25, -0.2) is 0 Å². The van der Waals surface area contributed by atoms with Crippen LogP contribution in [0.1, 0.15) is 0 Å². The molecule has 0 amide bonds. The van der Waals surface area contributed by atoms with Crippen molar-refractivity contribution >= 4 is 37.0 Å². The van der Waals surface area contributed by atoms with Gasteiger partial charge in [0.15, 0.2) is 0 Å². The van der Waals surface area contributed by atoms with E-state index in [-0.39, 0.29) is 35.6 Å². The topological polar surface area (TPSA) is 0 Å². The van der Waals surface area contributed by atoms with Gasteiger partial charge in [0.2, 0.25) is 0 Å². The number of rotatable bonds is 0. The molecule has 0 bridgehead atoms. The van der Waals surface area contributed by atoms with E-state index in [9.17, 15) is 0 Å². The van der Waals surface area contributed by atoms with Crippen molar-refractivity contribution in [2.75, 3.05) is 0 Å². The van der Waals surface area contributed by atoms with E-state index < -0.39 is 0 Å². The van der Waals surface area contributed by atoms with Crippen molar-refractivity contribution < 1.29 is 35.6 Å². The van der Waals surface area contributed by atoms with Crippen LogP contribution in [0, 0.1) is 35.6 Å². The van der Waals surface area contributed by atoms with E-state index in [1.54, 1.807) is 0 Å². The third-order valence-electron chi connectivity index (χ3n) is 5.66. The minimum atomic E-state index is 0. The van der Waals surface area contributed by atoms with Crippen LogP contribution >= 0.6 is 0 Å². The number of fused-ring (bicyclic) bond motifs is 10. The second kappa shape index (κ2) is 0.502. The Morgan fingerprint density at radius 1 is 0.714 bits per heavy atom. The second-order valence-corrected chi connectivity index (χ2v) is 4.62. The van der Waals surface area contributed by atoms with Crippen LogP contribution < -0.4 is 0 Å². The van der Waals surface area contributed by atoms with Crippen molar-refractivity contribution in [3.05, 3.63) is 0 Å². The summed E-state index contributed by atoms with van der Waals surface area (Å²) in [4.78, 5) is 0. The molecule has 0 aromatic rings.